The van der Waals surface area contributed by atoms with Crippen LogP contribution in [0.15, 0.2) is 24.4 Å². The average Bonchev–Trinajstić information content (AvgIpc) is 2.51. The monoisotopic (exact) mass is 341 g/mol. The first-order valence-corrected chi connectivity index (χ1v) is 9.14. The van der Waals surface area contributed by atoms with Crippen LogP contribution >= 0.6 is 0 Å². The van der Waals surface area contributed by atoms with E-state index in [9.17, 15) is 8.42 Å². The molecule has 3 rings (SSSR count). The first-order chi connectivity index (χ1) is 10.9. The van der Waals surface area contributed by atoms with Gasteiger partial charge in [0, 0.05) is 46.4 Å². The second-order valence-electron chi connectivity index (χ2n) is 6.34. The zero-order valence-corrected chi connectivity index (χ0v) is 14.3. The minimum atomic E-state index is -3.35. The summed E-state index contributed by atoms with van der Waals surface area (Å²) in [5.74, 6) is 0. The summed E-state index contributed by atoms with van der Waals surface area (Å²) in [7, 11) is -0.267. The molecule has 0 bridgehead atoms. The highest BCUT2D eigenvalue weighted by molar-refractivity contribution is 7.86. The SMILES string of the molecule is CN(C)S(=O)(=O)N1CC2(CC(OCc3ccccn3)CCO2)C1. The van der Waals surface area contributed by atoms with Crippen LogP contribution in [0.5, 0.6) is 0 Å². The molecule has 0 aromatic carbocycles. The first kappa shape index (κ1) is 16.8. The van der Waals surface area contributed by atoms with Crippen molar-refractivity contribution in [2.75, 3.05) is 33.8 Å². The van der Waals surface area contributed by atoms with Crippen molar-refractivity contribution < 1.29 is 17.9 Å². The lowest BCUT2D eigenvalue weighted by molar-refractivity contribution is -0.181. The highest BCUT2D eigenvalue weighted by atomic mass is 32.2. The zero-order chi connectivity index (χ0) is 16.5. The molecule has 3 heterocycles. The Bertz CT molecular complexity index is 629. The van der Waals surface area contributed by atoms with Crippen molar-refractivity contribution in [1.29, 1.82) is 0 Å². The average molecular weight is 341 g/mol. The fourth-order valence-corrected chi connectivity index (χ4v) is 4.28. The molecule has 8 heteroatoms. The number of aromatic nitrogens is 1. The molecule has 2 aliphatic heterocycles. The Hall–Kier alpha value is -1.06. The maximum absolute atomic E-state index is 12.1. The number of pyridine rings is 1. The Morgan fingerprint density at radius 1 is 1.43 bits per heavy atom. The van der Waals surface area contributed by atoms with Gasteiger partial charge in [0.2, 0.25) is 0 Å². The molecule has 2 saturated heterocycles. The third kappa shape index (κ3) is 3.56. The van der Waals surface area contributed by atoms with Crippen molar-refractivity contribution in [3.63, 3.8) is 0 Å². The van der Waals surface area contributed by atoms with E-state index in [0.717, 1.165) is 18.5 Å². The Morgan fingerprint density at radius 2 is 2.22 bits per heavy atom. The van der Waals surface area contributed by atoms with Gasteiger partial charge in [-0.25, -0.2) is 0 Å². The lowest BCUT2D eigenvalue weighted by Gasteiger charge is -2.52. The first-order valence-electron chi connectivity index (χ1n) is 7.74. The quantitative estimate of drug-likeness (QED) is 0.786. The van der Waals surface area contributed by atoms with E-state index in [2.05, 4.69) is 4.98 Å². The number of hydrogen-bond donors (Lipinski definition) is 0. The maximum atomic E-state index is 12.1. The largest absolute Gasteiger partial charge is 0.372 e. The Balaban J connectivity index is 1.54. The van der Waals surface area contributed by atoms with Crippen molar-refractivity contribution >= 4 is 10.2 Å². The molecule has 23 heavy (non-hydrogen) atoms. The lowest BCUT2D eigenvalue weighted by Crippen LogP contribution is -2.68. The van der Waals surface area contributed by atoms with Crippen LogP contribution < -0.4 is 0 Å². The van der Waals surface area contributed by atoms with Crippen LogP contribution in [-0.4, -0.2) is 67.5 Å². The molecule has 0 saturated carbocycles. The molecule has 7 nitrogen and oxygen atoms in total. The normalized spacial score (nSPS) is 24.7. The van der Waals surface area contributed by atoms with Crippen LogP contribution in [0.1, 0.15) is 18.5 Å². The smallest absolute Gasteiger partial charge is 0.281 e. The molecule has 1 atom stereocenters. The van der Waals surface area contributed by atoms with Gasteiger partial charge in [-0.3, -0.25) is 4.98 Å². The second kappa shape index (κ2) is 6.45. The van der Waals surface area contributed by atoms with Crippen molar-refractivity contribution in [2.45, 2.75) is 31.2 Å². The predicted molar refractivity (Wildman–Crippen MR) is 84.9 cm³/mol. The van der Waals surface area contributed by atoms with Crippen LogP contribution in [0.4, 0.5) is 0 Å². The van der Waals surface area contributed by atoms with Gasteiger partial charge in [-0.1, -0.05) is 6.07 Å². The molecule has 1 spiro atoms. The summed E-state index contributed by atoms with van der Waals surface area (Å²) in [6, 6.07) is 5.75. The number of rotatable bonds is 5. The molecule has 0 amide bonds. The Labute approximate surface area is 137 Å². The summed E-state index contributed by atoms with van der Waals surface area (Å²) in [6.07, 6.45) is 3.38. The molecule has 1 aromatic rings. The van der Waals surface area contributed by atoms with Gasteiger partial charge < -0.3 is 9.47 Å². The number of ether oxygens (including phenoxy) is 2. The van der Waals surface area contributed by atoms with Gasteiger partial charge in [0.15, 0.2) is 0 Å². The second-order valence-corrected chi connectivity index (χ2v) is 8.48. The number of nitrogens with zero attached hydrogens (tertiary/aromatic N) is 3. The van der Waals surface area contributed by atoms with Gasteiger partial charge in [0.1, 0.15) is 0 Å². The van der Waals surface area contributed by atoms with E-state index in [-0.39, 0.29) is 6.10 Å². The van der Waals surface area contributed by atoms with E-state index in [0.29, 0.717) is 26.3 Å². The fourth-order valence-electron chi connectivity index (χ4n) is 3.02. The summed E-state index contributed by atoms with van der Waals surface area (Å²) in [5.41, 5.74) is 0.509. The maximum Gasteiger partial charge on any atom is 0.281 e. The number of hydrogen-bond acceptors (Lipinski definition) is 5. The predicted octanol–water partition coefficient (Wildman–Crippen LogP) is 0.638. The third-order valence-corrected chi connectivity index (χ3v) is 6.19. The standard InChI is InChI=1S/C15H23N3O4S/c1-17(2)23(19,20)18-11-15(12-18)9-14(6-8-22-15)21-10-13-5-3-4-7-16-13/h3-5,7,14H,6,8-12H2,1-2H3. The van der Waals surface area contributed by atoms with Gasteiger partial charge in [-0.15, -0.1) is 0 Å². The fraction of sp³-hybridized carbons (Fsp3) is 0.667. The van der Waals surface area contributed by atoms with E-state index < -0.39 is 15.8 Å². The van der Waals surface area contributed by atoms with E-state index in [1.54, 1.807) is 20.3 Å². The minimum Gasteiger partial charge on any atom is -0.372 e. The van der Waals surface area contributed by atoms with Gasteiger partial charge in [0.25, 0.3) is 10.2 Å². The van der Waals surface area contributed by atoms with Gasteiger partial charge in [0.05, 0.1) is 24.0 Å². The third-order valence-electron chi connectivity index (χ3n) is 4.36. The van der Waals surface area contributed by atoms with Crippen molar-refractivity contribution in [3.05, 3.63) is 30.1 Å². The molecular weight excluding hydrogens is 318 g/mol. The summed E-state index contributed by atoms with van der Waals surface area (Å²) in [4.78, 5) is 4.25. The topological polar surface area (TPSA) is 72.0 Å². The van der Waals surface area contributed by atoms with E-state index in [1.807, 2.05) is 18.2 Å². The molecular formula is C15H23N3O4S. The van der Waals surface area contributed by atoms with Crippen LogP contribution in [0.25, 0.3) is 0 Å². The van der Waals surface area contributed by atoms with Crippen molar-refractivity contribution in [2.24, 2.45) is 0 Å². The van der Waals surface area contributed by atoms with Gasteiger partial charge in [-0.2, -0.15) is 17.0 Å². The van der Waals surface area contributed by atoms with Crippen LogP contribution in [0.2, 0.25) is 0 Å². The molecule has 0 aliphatic carbocycles. The molecule has 1 aromatic heterocycles. The highest BCUT2D eigenvalue weighted by Gasteiger charge is 2.52. The van der Waals surface area contributed by atoms with Crippen molar-refractivity contribution in [1.82, 2.24) is 13.6 Å². The highest BCUT2D eigenvalue weighted by Crippen LogP contribution is 2.37. The van der Waals surface area contributed by atoms with Crippen LogP contribution in [-0.2, 0) is 26.3 Å². The molecule has 2 fully saturated rings. The molecule has 128 valence electrons. The summed E-state index contributed by atoms with van der Waals surface area (Å²) >= 11 is 0. The van der Waals surface area contributed by atoms with E-state index >= 15 is 0 Å². The van der Waals surface area contributed by atoms with Gasteiger partial charge >= 0.3 is 0 Å². The Kier molecular flexibility index (Phi) is 4.70. The summed E-state index contributed by atoms with van der Waals surface area (Å²) in [6.45, 7) is 1.87. The molecule has 0 N–H and O–H groups in total. The van der Waals surface area contributed by atoms with Gasteiger partial charge in [-0.05, 0) is 18.6 Å². The van der Waals surface area contributed by atoms with Crippen molar-refractivity contribution in [3.8, 4) is 0 Å². The minimum absolute atomic E-state index is 0.0787. The zero-order valence-electron chi connectivity index (χ0n) is 13.5. The Morgan fingerprint density at radius 3 is 2.87 bits per heavy atom. The molecule has 2 aliphatic rings. The summed E-state index contributed by atoms with van der Waals surface area (Å²) < 4.78 is 38.7. The van der Waals surface area contributed by atoms with Crippen LogP contribution in [0.3, 0.4) is 0 Å². The van der Waals surface area contributed by atoms with Crippen LogP contribution in [0, 0.1) is 0 Å². The lowest BCUT2D eigenvalue weighted by atomic mass is 9.86. The molecule has 0 radical (unpaired) electrons. The van der Waals surface area contributed by atoms with E-state index in [4.69, 9.17) is 9.47 Å². The summed E-state index contributed by atoms with van der Waals surface area (Å²) in [5, 5.41) is 0. The molecule has 1 unspecified atom stereocenters. The van der Waals surface area contributed by atoms with E-state index in [1.165, 1.54) is 8.61 Å².